The van der Waals surface area contributed by atoms with Gasteiger partial charge in [0.1, 0.15) is 5.75 Å². The maximum absolute atomic E-state index is 13.6. The molecule has 1 heterocycles. The van der Waals surface area contributed by atoms with Crippen LogP contribution in [0, 0.1) is 5.82 Å². The number of aromatic nitrogens is 1. The van der Waals surface area contributed by atoms with Crippen molar-refractivity contribution in [3.8, 4) is 11.5 Å². The quantitative estimate of drug-likeness (QED) is 0.885. The van der Waals surface area contributed by atoms with E-state index in [2.05, 4.69) is 4.98 Å². The number of aliphatic hydroxyl groups excluding tert-OH is 1. The van der Waals surface area contributed by atoms with Crippen LogP contribution in [-0.2, 0) is 0 Å². The summed E-state index contributed by atoms with van der Waals surface area (Å²) in [6.45, 7) is 1.58. The summed E-state index contributed by atoms with van der Waals surface area (Å²) in [7, 11) is 0. The van der Waals surface area contributed by atoms with E-state index in [1.54, 1.807) is 31.3 Å². The molecule has 0 aliphatic carbocycles. The van der Waals surface area contributed by atoms with Crippen molar-refractivity contribution in [2.24, 2.45) is 0 Å². The van der Waals surface area contributed by atoms with Gasteiger partial charge in [0.05, 0.1) is 12.3 Å². The Balaban J connectivity index is 2.23. The van der Waals surface area contributed by atoms with Crippen LogP contribution in [0.15, 0.2) is 42.7 Å². The Morgan fingerprint density at radius 3 is 2.76 bits per heavy atom. The van der Waals surface area contributed by atoms with Crippen LogP contribution in [0.2, 0.25) is 0 Å². The van der Waals surface area contributed by atoms with E-state index in [4.69, 9.17) is 4.74 Å². The molecule has 0 bridgehead atoms. The molecule has 0 aliphatic heterocycles. The summed E-state index contributed by atoms with van der Waals surface area (Å²) < 4.78 is 19.0. The molecule has 0 radical (unpaired) electrons. The average Bonchev–Trinajstić information content (AvgIpc) is 2.33. The molecule has 0 saturated heterocycles. The van der Waals surface area contributed by atoms with Crippen molar-refractivity contribution in [2.75, 3.05) is 0 Å². The van der Waals surface area contributed by atoms with E-state index in [0.717, 1.165) is 0 Å². The highest BCUT2D eigenvalue weighted by Gasteiger charge is 2.08. The van der Waals surface area contributed by atoms with Crippen molar-refractivity contribution in [2.45, 2.75) is 13.0 Å². The maximum Gasteiger partial charge on any atom is 0.166 e. The normalized spacial score (nSPS) is 12.2. The van der Waals surface area contributed by atoms with Gasteiger partial charge in [0.2, 0.25) is 0 Å². The molecule has 1 N–H and O–H groups in total. The monoisotopic (exact) mass is 233 g/mol. The lowest BCUT2D eigenvalue weighted by Crippen LogP contribution is -1.94. The molecule has 1 aromatic heterocycles. The summed E-state index contributed by atoms with van der Waals surface area (Å²) in [6, 6.07) is 7.77. The molecule has 88 valence electrons. The lowest BCUT2D eigenvalue weighted by molar-refractivity contribution is 0.198. The van der Waals surface area contributed by atoms with E-state index in [1.165, 1.54) is 18.3 Å². The van der Waals surface area contributed by atoms with Gasteiger partial charge in [0.25, 0.3) is 0 Å². The fraction of sp³-hybridized carbons (Fsp3) is 0.154. The number of nitrogens with zero attached hydrogens (tertiary/aromatic N) is 1. The van der Waals surface area contributed by atoms with Gasteiger partial charge in [-0.25, -0.2) is 4.39 Å². The molecular weight excluding hydrogens is 221 g/mol. The molecule has 0 saturated carbocycles. The van der Waals surface area contributed by atoms with Gasteiger partial charge in [-0.3, -0.25) is 4.98 Å². The lowest BCUT2D eigenvalue weighted by atomic mass is 10.1. The fourth-order valence-electron chi connectivity index (χ4n) is 1.39. The minimum Gasteiger partial charge on any atom is -0.453 e. The zero-order valence-corrected chi connectivity index (χ0v) is 9.30. The Hall–Kier alpha value is -1.94. The average molecular weight is 233 g/mol. The Morgan fingerprint density at radius 2 is 2.18 bits per heavy atom. The number of halogens is 1. The zero-order valence-electron chi connectivity index (χ0n) is 9.30. The van der Waals surface area contributed by atoms with E-state index < -0.39 is 11.9 Å². The minimum atomic E-state index is -0.697. The first-order valence-corrected chi connectivity index (χ1v) is 5.22. The second kappa shape index (κ2) is 4.93. The highest BCUT2D eigenvalue weighted by molar-refractivity contribution is 5.34. The SMILES string of the molecule is CC(O)c1ccc(Oc2cccnc2)c(F)c1. The van der Waals surface area contributed by atoms with Crippen LogP contribution in [0.1, 0.15) is 18.6 Å². The van der Waals surface area contributed by atoms with Gasteiger partial charge < -0.3 is 9.84 Å². The first-order chi connectivity index (χ1) is 8.16. The van der Waals surface area contributed by atoms with E-state index in [9.17, 15) is 9.50 Å². The molecule has 17 heavy (non-hydrogen) atoms. The Labute approximate surface area is 98.5 Å². The number of hydrogen-bond donors (Lipinski definition) is 1. The van der Waals surface area contributed by atoms with Crippen molar-refractivity contribution < 1.29 is 14.2 Å². The third-order valence-electron chi connectivity index (χ3n) is 2.30. The van der Waals surface area contributed by atoms with E-state index in [-0.39, 0.29) is 5.75 Å². The molecule has 0 fully saturated rings. The molecule has 2 aromatic rings. The van der Waals surface area contributed by atoms with E-state index >= 15 is 0 Å². The van der Waals surface area contributed by atoms with Crippen molar-refractivity contribution in [3.63, 3.8) is 0 Å². The minimum absolute atomic E-state index is 0.113. The summed E-state index contributed by atoms with van der Waals surface area (Å²) in [6.07, 6.45) is 2.42. The third kappa shape index (κ3) is 2.79. The number of hydrogen-bond acceptors (Lipinski definition) is 3. The van der Waals surface area contributed by atoms with E-state index in [0.29, 0.717) is 11.3 Å². The Morgan fingerprint density at radius 1 is 1.35 bits per heavy atom. The van der Waals surface area contributed by atoms with Crippen LogP contribution in [0.25, 0.3) is 0 Å². The third-order valence-corrected chi connectivity index (χ3v) is 2.30. The second-order valence-electron chi connectivity index (χ2n) is 3.66. The van der Waals surface area contributed by atoms with Gasteiger partial charge in [-0.05, 0) is 36.8 Å². The number of benzene rings is 1. The van der Waals surface area contributed by atoms with Crippen molar-refractivity contribution in [3.05, 3.63) is 54.1 Å². The fourth-order valence-corrected chi connectivity index (χ4v) is 1.39. The van der Waals surface area contributed by atoms with Crippen LogP contribution >= 0.6 is 0 Å². The molecular formula is C13H12FNO2. The summed E-state index contributed by atoms with van der Waals surface area (Å²) in [4.78, 5) is 3.87. The van der Waals surface area contributed by atoms with Crippen LogP contribution in [0.4, 0.5) is 4.39 Å². The van der Waals surface area contributed by atoms with Gasteiger partial charge in [-0.1, -0.05) is 6.07 Å². The molecule has 0 aliphatic rings. The predicted octanol–water partition coefficient (Wildman–Crippen LogP) is 3.07. The summed E-state index contributed by atoms with van der Waals surface area (Å²) in [5.74, 6) is 0.0749. The molecule has 4 heteroatoms. The molecule has 0 spiro atoms. The topological polar surface area (TPSA) is 42.4 Å². The Kier molecular flexibility index (Phi) is 3.35. The highest BCUT2D eigenvalue weighted by Crippen LogP contribution is 2.26. The molecule has 1 aromatic carbocycles. The number of pyridine rings is 1. The first-order valence-electron chi connectivity index (χ1n) is 5.22. The molecule has 2 rings (SSSR count). The van der Waals surface area contributed by atoms with Gasteiger partial charge >= 0.3 is 0 Å². The van der Waals surface area contributed by atoms with Gasteiger partial charge in [-0.2, -0.15) is 0 Å². The molecule has 1 atom stereocenters. The second-order valence-corrected chi connectivity index (χ2v) is 3.66. The number of ether oxygens (including phenoxy) is 1. The molecule has 1 unspecified atom stereocenters. The highest BCUT2D eigenvalue weighted by atomic mass is 19.1. The van der Waals surface area contributed by atoms with Crippen molar-refractivity contribution in [1.29, 1.82) is 0 Å². The predicted molar refractivity (Wildman–Crippen MR) is 61.3 cm³/mol. The first kappa shape index (κ1) is 11.5. The summed E-state index contributed by atoms with van der Waals surface area (Å²) in [5.41, 5.74) is 0.515. The van der Waals surface area contributed by atoms with E-state index in [1.807, 2.05) is 0 Å². The largest absolute Gasteiger partial charge is 0.453 e. The summed E-state index contributed by atoms with van der Waals surface area (Å²) in [5, 5.41) is 9.31. The molecule has 0 amide bonds. The van der Waals surface area contributed by atoms with Crippen LogP contribution in [0.3, 0.4) is 0 Å². The van der Waals surface area contributed by atoms with Crippen LogP contribution < -0.4 is 4.74 Å². The number of aliphatic hydroxyl groups is 1. The van der Waals surface area contributed by atoms with Gasteiger partial charge in [-0.15, -0.1) is 0 Å². The van der Waals surface area contributed by atoms with Gasteiger partial charge in [0, 0.05) is 6.20 Å². The standard InChI is InChI=1S/C13H12FNO2/c1-9(16)10-4-5-13(12(14)7-10)17-11-3-2-6-15-8-11/h2-9,16H,1H3. The number of rotatable bonds is 3. The lowest BCUT2D eigenvalue weighted by Gasteiger charge is -2.09. The van der Waals surface area contributed by atoms with Crippen molar-refractivity contribution >= 4 is 0 Å². The smallest absolute Gasteiger partial charge is 0.166 e. The van der Waals surface area contributed by atoms with Crippen LogP contribution in [-0.4, -0.2) is 10.1 Å². The maximum atomic E-state index is 13.6. The zero-order chi connectivity index (χ0) is 12.3. The summed E-state index contributed by atoms with van der Waals surface area (Å²) >= 11 is 0. The Bertz CT molecular complexity index is 500. The van der Waals surface area contributed by atoms with Crippen molar-refractivity contribution in [1.82, 2.24) is 4.98 Å². The molecule has 3 nitrogen and oxygen atoms in total. The van der Waals surface area contributed by atoms with Crippen LogP contribution in [0.5, 0.6) is 11.5 Å². The van der Waals surface area contributed by atoms with Gasteiger partial charge in [0.15, 0.2) is 11.6 Å².